The van der Waals surface area contributed by atoms with E-state index in [2.05, 4.69) is 32.6 Å². The number of benzene rings is 1. The Morgan fingerprint density at radius 1 is 1.38 bits per heavy atom. The zero-order valence-electron chi connectivity index (χ0n) is 15.8. The van der Waals surface area contributed by atoms with Gasteiger partial charge in [0.2, 0.25) is 0 Å². The molecule has 26 heavy (non-hydrogen) atoms. The van der Waals surface area contributed by atoms with Gasteiger partial charge in [-0.2, -0.15) is 5.10 Å². The van der Waals surface area contributed by atoms with Crippen LogP contribution in [-0.4, -0.2) is 46.5 Å². The second kappa shape index (κ2) is 8.69. The smallest absolute Gasteiger partial charge is 0.191 e. The normalized spacial score (nSPS) is 18.1. The van der Waals surface area contributed by atoms with Crippen molar-refractivity contribution < 1.29 is 4.74 Å². The fourth-order valence-electron chi connectivity index (χ4n) is 3.03. The van der Waals surface area contributed by atoms with E-state index in [-0.39, 0.29) is 6.10 Å². The molecule has 2 unspecified atom stereocenters. The largest absolute Gasteiger partial charge is 0.489 e. The molecular formula is C19H28N6O. The number of ether oxygens (including phenoxy) is 1. The highest BCUT2D eigenvalue weighted by molar-refractivity contribution is 5.80. The van der Waals surface area contributed by atoms with E-state index in [0.717, 1.165) is 49.2 Å². The summed E-state index contributed by atoms with van der Waals surface area (Å²) in [6.07, 6.45) is 2.88. The van der Waals surface area contributed by atoms with Gasteiger partial charge in [0.25, 0.3) is 0 Å². The first-order valence-electron chi connectivity index (χ1n) is 9.29. The van der Waals surface area contributed by atoms with Crippen LogP contribution in [0.1, 0.15) is 31.9 Å². The van der Waals surface area contributed by atoms with Crippen LogP contribution in [0.4, 0.5) is 0 Å². The Morgan fingerprint density at radius 3 is 2.92 bits per heavy atom. The Kier molecular flexibility index (Phi) is 6.09. The van der Waals surface area contributed by atoms with Crippen molar-refractivity contribution in [2.24, 2.45) is 4.99 Å². The number of aromatic nitrogens is 3. The van der Waals surface area contributed by atoms with Gasteiger partial charge in [-0.15, -0.1) is 0 Å². The van der Waals surface area contributed by atoms with Gasteiger partial charge >= 0.3 is 0 Å². The maximum atomic E-state index is 5.89. The molecule has 1 aliphatic heterocycles. The minimum atomic E-state index is 0.0383. The van der Waals surface area contributed by atoms with Crippen molar-refractivity contribution in [1.82, 2.24) is 25.4 Å². The number of hydrogen-bond donors (Lipinski definition) is 2. The van der Waals surface area contributed by atoms with Crippen LogP contribution >= 0.6 is 0 Å². The number of nitrogens with zero attached hydrogens (tertiary/aromatic N) is 4. The second-order valence-corrected chi connectivity index (χ2v) is 6.55. The maximum Gasteiger partial charge on any atom is 0.191 e. The van der Waals surface area contributed by atoms with Crippen molar-refractivity contribution >= 4 is 5.96 Å². The van der Waals surface area contributed by atoms with E-state index < -0.39 is 0 Å². The van der Waals surface area contributed by atoms with Gasteiger partial charge in [0.15, 0.2) is 11.8 Å². The first-order chi connectivity index (χ1) is 12.7. The third-order valence-corrected chi connectivity index (χ3v) is 4.42. The highest BCUT2D eigenvalue weighted by Crippen LogP contribution is 2.13. The lowest BCUT2D eigenvalue weighted by molar-refractivity contribution is 0.223. The fraction of sp³-hybridized carbons (Fsp3) is 0.526. The fourth-order valence-corrected chi connectivity index (χ4v) is 3.03. The topological polar surface area (TPSA) is 76.4 Å². The molecule has 0 radical (unpaired) electrons. The van der Waals surface area contributed by atoms with Crippen molar-refractivity contribution in [1.29, 1.82) is 0 Å². The molecule has 0 aliphatic carbocycles. The van der Waals surface area contributed by atoms with E-state index in [9.17, 15) is 0 Å². The van der Waals surface area contributed by atoms with E-state index in [1.54, 1.807) is 7.05 Å². The lowest BCUT2D eigenvalue weighted by Gasteiger charge is -2.26. The Morgan fingerprint density at radius 2 is 2.19 bits per heavy atom. The molecule has 1 aromatic carbocycles. The maximum absolute atomic E-state index is 5.89. The Labute approximate surface area is 154 Å². The number of nitrogens with one attached hydrogen (secondary N) is 2. The van der Waals surface area contributed by atoms with Gasteiger partial charge in [-0.05, 0) is 25.5 Å². The number of para-hydroxylation sites is 1. The van der Waals surface area contributed by atoms with Crippen LogP contribution in [0.25, 0.3) is 0 Å². The first-order valence-corrected chi connectivity index (χ1v) is 9.29. The number of hydrogen-bond acceptors (Lipinski definition) is 4. The molecule has 0 saturated heterocycles. The number of fused-ring (bicyclic) bond motifs is 1. The summed E-state index contributed by atoms with van der Waals surface area (Å²) >= 11 is 0. The molecule has 2 aromatic rings. The molecule has 1 aromatic heterocycles. The SMILES string of the molecule is CCc1nc2n(n1)CC(NC(=NC)NCC(C)Oc1ccccc1)CC2. The highest BCUT2D eigenvalue weighted by Gasteiger charge is 2.22. The zero-order chi connectivity index (χ0) is 18.4. The summed E-state index contributed by atoms with van der Waals surface area (Å²) in [5, 5.41) is 11.4. The van der Waals surface area contributed by atoms with Crippen LogP contribution in [0.3, 0.4) is 0 Å². The van der Waals surface area contributed by atoms with Gasteiger partial charge in [0.05, 0.1) is 13.1 Å². The highest BCUT2D eigenvalue weighted by atomic mass is 16.5. The van der Waals surface area contributed by atoms with Crippen molar-refractivity contribution in [3.8, 4) is 5.75 Å². The third kappa shape index (κ3) is 4.74. The average Bonchev–Trinajstić information content (AvgIpc) is 3.08. The van der Waals surface area contributed by atoms with Crippen molar-refractivity contribution in [2.45, 2.75) is 51.8 Å². The quantitative estimate of drug-likeness (QED) is 0.610. The Bertz CT molecular complexity index is 727. The molecule has 0 spiro atoms. The van der Waals surface area contributed by atoms with Crippen LogP contribution in [0.5, 0.6) is 5.75 Å². The van der Waals surface area contributed by atoms with Gasteiger partial charge in [-0.3, -0.25) is 4.99 Å². The molecule has 2 atom stereocenters. The Hall–Kier alpha value is -2.57. The molecule has 7 nitrogen and oxygen atoms in total. The van der Waals surface area contributed by atoms with Gasteiger partial charge in [0, 0.05) is 25.9 Å². The predicted molar refractivity (Wildman–Crippen MR) is 103 cm³/mol. The molecule has 1 aliphatic rings. The molecule has 7 heteroatoms. The predicted octanol–water partition coefficient (Wildman–Crippen LogP) is 1.79. The van der Waals surface area contributed by atoms with Crippen LogP contribution in [0, 0.1) is 0 Å². The molecule has 2 N–H and O–H groups in total. The summed E-state index contributed by atoms with van der Waals surface area (Å²) in [7, 11) is 1.79. The zero-order valence-corrected chi connectivity index (χ0v) is 15.8. The molecule has 0 saturated carbocycles. The van der Waals surface area contributed by atoms with Gasteiger partial charge in [-0.25, -0.2) is 9.67 Å². The summed E-state index contributed by atoms with van der Waals surface area (Å²) < 4.78 is 7.92. The standard InChI is InChI=1S/C19H28N6O/c1-4-17-23-18-11-10-15(13-25(18)24-17)22-19(20-3)21-12-14(2)26-16-8-6-5-7-9-16/h5-9,14-15H,4,10-13H2,1-3H3,(H2,20,21,22). The third-order valence-electron chi connectivity index (χ3n) is 4.42. The molecule has 0 bridgehead atoms. The lowest BCUT2D eigenvalue weighted by Crippen LogP contribution is -2.48. The summed E-state index contributed by atoms with van der Waals surface area (Å²) in [6.45, 7) is 5.62. The summed E-state index contributed by atoms with van der Waals surface area (Å²) in [5.74, 6) is 3.68. The Balaban J connectivity index is 1.47. The molecular weight excluding hydrogens is 328 g/mol. The van der Waals surface area contributed by atoms with E-state index in [0.29, 0.717) is 12.6 Å². The molecule has 140 valence electrons. The average molecular weight is 356 g/mol. The number of aryl methyl sites for hydroxylation is 2. The summed E-state index contributed by atoms with van der Waals surface area (Å²) in [6, 6.07) is 10.2. The van der Waals surface area contributed by atoms with Crippen molar-refractivity contribution in [3.05, 3.63) is 42.0 Å². The number of rotatable bonds is 6. The monoisotopic (exact) mass is 356 g/mol. The van der Waals surface area contributed by atoms with E-state index in [1.807, 2.05) is 41.9 Å². The van der Waals surface area contributed by atoms with Crippen LogP contribution in [0.2, 0.25) is 0 Å². The van der Waals surface area contributed by atoms with Gasteiger partial charge < -0.3 is 15.4 Å². The van der Waals surface area contributed by atoms with Crippen LogP contribution < -0.4 is 15.4 Å². The van der Waals surface area contributed by atoms with E-state index in [1.165, 1.54) is 0 Å². The van der Waals surface area contributed by atoms with Gasteiger partial charge in [-0.1, -0.05) is 25.1 Å². The molecule has 0 fully saturated rings. The minimum absolute atomic E-state index is 0.0383. The summed E-state index contributed by atoms with van der Waals surface area (Å²) in [5.41, 5.74) is 0. The van der Waals surface area contributed by atoms with Crippen LogP contribution in [0.15, 0.2) is 35.3 Å². The van der Waals surface area contributed by atoms with Crippen LogP contribution in [-0.2, 0) is 19.4 Å². The molecule has 0 amide bonds. The molecule has 2 heterocycles. The molecule has 3 rings (SSSR count). The van der Waals surface area contributed by atoms with Gasteiger partial charge in [0.1, 0.15) is 17.7 Å². The second-order valence-electron chi connectivity index (χ2n) is 6.55. The summed E-state index contributed by atoms with van der Waals surface area (Å²) in [4.78, 5) is 8.90. The van der Waals surface area contributed by atoms with E-state index in [4.69, 9.17) is 4.74 Å². The van der Waals surface area contributed by atoms with Crippen molar-refractivity contribution in [2.75, 3.05) is 13.6 Å². The number of aliphatic imine (C=N–C) groups is 1. The minimum Gasteiger partial charge on any atom is -0.489 e. The number of guanidine groups is 1. The van der Waals surface area contributed by atoms with E-state index >= 15 is 0 Å². The van der Waals surface area contributed by atoms with Crippen molar-refractivity contribution in [3.63, 3.8) is 0 Å². The lowest BCUT2D eigenvalue weighted by atomic mass is 10.1. The first kappa shape index (κ1) is 18.2.